The molecule has 8 nitrogen and oxygen atoms in total. The van der Waals surface area contributed by atoms with Gasteiger partial charge in [0, 0.05) is 18.7 Å². The second-order valence-corrected chi connectivity index (χ2v) is 6.78. The van der Waals surface area contributed by atoms with Crippen molar-refractivity contribution in [1.82, 2.24) is 5.32 Å². The van der Waals surface area contributed by atoms with Gasteiger partial charge in [0.25, 0.3) is 5.91 Å². The van der Waals surface area contributed by atoms with Crippen molar-refractivity contribution >= 4 is 27.5 Å². The summed E-state index contributed by atoms with van der Waals surface area (Å²) in [4.78, 5) is 23.6. The minimum atomic E-state index is -3.88. The summed E-state index contributed by atoms with van der Waals surface area (Å²) < 4.78 is 28.2. The lowest BCUT2D eigenvalue weighted by molar-refractivity contribution is -0.116. The Kier molecular flexibility index (Phi) is 5.94. The summed E-state index contributed by atoms with van der Waals surface area (Å²) in [6.07, 6.45) is 1.90. The number of furan rings is 1. The number of benzene rings is 1. The van der Waals surface area contributed by atoms with Gasteiger partial charge >= 0.3 is 0 Å². The summed E-state index contributed by atoms with van der Waals surface area (Å²) in [5.74, 6) is -0.626. The first kappa shape index (κ1) is 18.7. The molecule has 0 unspecified atom stereocenters. The molecule has 0 aliphatic heterocycles. The highest BCUT2D eigenvalue weighted by atomic mass is 32.2. The lowest BCUT2D eigenvalue weighted by Gasteiger charge is -2.10. The smallest absolute Gasteiger partial charge is 0.286 e. The fourth-order valence-electron chi connectivity index (χ4n) is 2.20. The lowest BCUT2D eigenvalue weighted by Crippen LogP contribution is -2.27. The van der Waals surface area contributed by atoms with Crippen molar-refractivity contribution in [2.24, 2.45) is 5.14 Å². The van der Waals surface area contributed by atoms with E-state index in [1.54, 1.807) is 18.2 Å². The van der Waals surface area contributed by atoms with Gasteiger partial charge in [-0.1, -0.05) is 13.0 Å². The molecule has 0 fully saturated rings. The topological polar surface area (TPSA) is 132 Å². The number of primary sulfonamides is 1. The Labute approximate surface area is 145 Å². The molecule has 134 valence electrons. The van der Waals surface area contributed by atoms with Gasteiger partial charge in [-0.2, -0.15) is 0 Å². The summed E-state index contributed by atoms with van der Waals surface area (Å²) in [6.45, 7) is 1.92. The van der Waals surface area contributed by atoms with Gasteiger partial charge in [0.2, 0.25) is 15.9 Å². The maximum Gasteiger partial charge on any atom is 0.286 e. The third-order valence-corrected chi connectivity index (χ3v) is 4.41. The van der Waals surface area contributed by atoms with E-state index in [1.165, 1.54) is 18.4 Å². The van der Waals surface area contributed by atoms with Crippen LogP contribution in [0, 0.1) is 0 Å². The largest absolute Gasteiger partial charge is 0.459 e. The Morgan fingerprint density at radius 2 is 2.00 bits per heavy atom. The number of anilines is 1. The maximum atomic E-state index is 11.9. The number of hydrogen-bond acceptors (Lipinski definition) is 5. The number of carbonyl (C=O) groups is 2. The Morgan fingerprint density at radius 1 is 1.24 bits per heavy atom. The molecule has 2 amide bonds. The van der Waals surface area contributed by atoms with E-state index in [0.717, 1.165) is 0 Å². The van der Waals surface area contributed by atoms with Crippen LogP contribution in [0.15, 0.2) is 45.9 Å². The maximum absolute atomic E-state index is 11.9. The quantitative estimate of drug-likeness (QED) is 0.679. The van der Waals surface area contributed by atoms with Crippen LogP contribution in [0.25, 0.3) is 0 Å². The first-order valence-electron chi connectivity index (χ1n) is 7.58. The van der Waals surface area contributed by atoms with Crippen LogP contribution in [-0.4, -0.2) is 26.8 Å². The van der Waals surface area contributed by atoms with E-state index in [4.69, 9.17) is 9.56 Å². The van der Waals surface area contributed by atoms with Crippen molar-refractivity contribution in [1.29, 1.82) is 0 Å². The molecule has 0 aliphatic rings. The SMILES string of the molecule is CCc1ccc(NC(=O)CCNC(=O)c2ccco2)cc1S(N)(=O)=O. The summed E-state index contributed by atoms with van der Waals surface area (Å²) in [5, 5.41) is 10.3. The molecule has 1 aromatic carbocycles. The van der Waals surface area contributed by atoms with Gasteiger partial charge in [-0.25, -0.2) is 13.6 Å². The molecule has 0 saturated carbocycles. The molecule has 0 bridgehead atoms. The molecule has 1 aromatic heterocycles. The van der Waals surface area contributed by atoms with Crippen LogP contribution in [0.5, 0.6) is 0 Å². The minimum Gasteiger partial charge on any atom is -0.459 e. The second kappa shape index (κ2) is 7.95. The van der Waals surface area contributed by atoms with Gasteiger partial charge in [0.15, 0.2) is 5.76 Å². The molecule has 25 heavy (non-hydrogen) atoms. The molecule has 0 radical (unpaired) electrons. The normalized spacial score (nSPS) is 11.1. The number of hydrogen-bond donors (Lipinski definition) is 3. The van der Waals surface area contributed by atoms with Crippen LogP contribution in [0.4, 0.5) is 5.69 Å². The summed E-state index contributed by atoms with van der Waals surface area (Å²) >= 11 is 0. The zero-order chi connectivity index (χ0) is 18.4. The number of carbonyl (C=O) groups excluding carboxylic acids is 2. The van der Waals surface area contributed by atoms with Gasteiger partial charge in [0.05, 0.1) is 11.2 Å². The van der Waals surface area contributed by atoms with E-state index in [0.29, 0.717) is 17.7 Å². The van der Waals surface area contributed by atoms with E-state index < -0.39 is 15.9 Å². The van der Waals surface area contributed by atoms with Crippen LogP contribution in [0.2, 0.25) is 0 Å². The van der Waals surface area contributed by atoms with Crippen LogP contribution >= 0.6 is 0 Å². The molecule has 9 heteroatoms. The molecule has 0 aliphatic carbocycles. The summed E-state index contributed by atoms with van der Waals surface area (Å²) in [5.41, 5.74) is 0.898. The predicted octanol–water partition coefficient (Wildman–Crippen LogP) is 1.25. The zero-order valence-electron chi connectivity index (χ0n) is 13.6. The Balaban J connectivity index is 1.93. The average molecular weight is 365 g/mol. The highest BCUT2D eigenvalue weighted by molar-refractivity contribution is 7.89. The highest BCUT2D eigenvalue weighted by Crippen LogP contribution is 2.20. The first-order valence-corrected chi connectivity index (χ1v) is 9.13. The van der Waals surface area contributed by atoms with Crippen LogP contribution in [0.1, 0.15) is 29.5 Å². The minimum absolute atomic E-state index is 0.0149. The standard InChI is InChI=1S/C16H19N3O5S/c1-2-11-5-6-12(10-14(11)25(17,22)23)19-15(20)7-8-18-16(21)13-4-3-9-24-13/h3-6,9-10H,2,7-8H2,1H3,(H,18,21)(H,19,20)(H2,17,22,23). The van der Waals surface area contributed by atoms with Crippen molar-refractivity contribution in [2.45, 2.75) is 24.7 Å². The van der Waals surface area contributed by atoms with Crippen molar-refractivity contribution in [3.8, 4) is 0 Å². The van der Waals surface area contributed by atoms with E-state index in [9.17, 15) is 18.0 Å². The number of sulfonamides is 1. The molecule has 1 heterocycles. The van der Waals surface area contributed by atoms with E-state index >= 15 is 0 Å². The zero-order valence-corrected chi connectivity index (χ0v) is 14.4. The fraction of sp³-hybridized carbons (Fsp3) is 0.250. The van der Waals surface area contributed by atoms with Gasteiger partial charge in [0.1, 0.15) is 0 Å². The van der Waals surface area contributed by atoms with Crippen LogP contribution in [0.3, 0.4) is 0 Å². The summed E-state index contributed by atoms with van der Waals surface area (Å²) in [7, 11) is -3.88. The van der Waals surface area contributed by atoms with Gasteiger partial charge < -0.3 is 15.1 Å². The first-order chi connectivity index (χ1) is 11.8. The number of aryl methyl sites for hydroxylation is 1. The van der Waals surface area contributed by atoms with Gasteiger partial charge in [-0.3, -0.25) is 9.59 Å². The molecule has 0 saturated heterocycles. The van der Waals surface area contributed by atoms with Crippen molar-refractivity contribution in [3.05, 3.63) is 47.9 Å². The summed E-state index contributed by atoms with van der Waals surface area (Å²) in [6, 6.07) is 7.64. The Hall–Kier alpha value is -2.65. The Morgan fingerprint density at radius 3 is 2.60 bits per heavy atom. The fourth-order valence-corrected chi connectivity index (χ4v) is 3.07. The van der Waals surface area contributed by atoms with Crippen LogP contribution < -0.4 is 15.8 Å². The molecular formula is C16H19N3O5S. The van der Waals surface area contributed by atoms with Gasteiger partial charge in [-0.15, -0.1) is 0 Å². The van der Waals surface area contributed by atoms with Crippen LogP contribution in [-0.2, 0) is 21.2 Å². The molecule has 2 aromatic rings. The van der Waals surface area contributed by atoms with E-state index in [1.807, 2.05) is 6.92 Å². The second-order valence-electron chi connectivity index (χ2n) is 5.25. The molecule has 0 atom stereocenters. The van der Waals surface area contributed by atoms with Gasteiger partial charge in [-0.05, 0) is 36.2 Å². The molecular weight excluding hydrogens is 346 g/mol. The van der Waals surface area contributed by atoms with E-state index in [-0.39, 0.29) is 29.5 Å². The third-order valence-electron chi connectivity index (χ3n) is 3.42. The lowest BCUT2D eigenvalue weighted by atomic mass is 10.1. The van der Waals surface area contributed by atoms with Crippen molar-refractivity contribution < 1.29 is 22.4 Å². The Bertz CT molecular complexity index is 860. The average Bonchev–Trinajstić information content (AvgIpc) is 3.08. The highest BCUT2D eigenvalue weighted by Gasteiger charge is 2.15. The molecule has 0 spiro atoms. The predicted molar refractivity (Wildman–Crippen MR) is 91.5 cm³/mol. The number of rotatable bonds is 7. The van der Waals surface area contributed by atoms with Crippen molar-refractivity contribution in [3.63, 3.8) is 0 Å². The van der Waals surface area contributed by atoms with E-state index in [2.05, 4.69) is 10.6 Å². The number of nitrogens with two attached hydrogens (primary N) is 1. The number of nitrogens with one attached hydrogen (secondary N) is 2. The third kappa shape index (κ3) is 5.16. The molecule has 4 N–H and O–H groups in total. The monoisotopic (exact) mass is 365 g/mol. The molecule has 2 rings (SSSR count). The number of amides is 2. The van der Waals surface area contributed by atoms with Crippen molar-refractivity contribution in [2.75, 3.05) is 11.9 Å².